The summed E-state index contributed by atoms with van der Waals surface area (Å²) in [6.45, 7) is 0.223. The molecule has 12 heteroatoms. The SMILES string of the molecule is CNS(=O)(=O)c1ccc(Cn2c(=O)c3cc(C(=O)NCc4cccc(OC)c4)sc3n(C)c2=O)cc1. The zero-order valence-corrected chi connectivity index (χ0v) is 21.4. The van der Waals surface area contributed by atoms with Crippen molar-refractivity contribution in [2.75, 3.05) is 14.2 Å². The first-order chi connectivity index (χ1) is 17.1. The van der Waals surface area contributed by atoms with Gasteiger partial charge in [0.05, 0.1) is 28.8 Å². The molecule has 0 aliphatic carbocycles. The molecule has 0 aliphatic rings. The quantitative estimate of drug-likeness (QED) is 0.358. The van der Waals surface area contributed by atoms with Crippen molar-refractivity contribution in [3.8, 4) is 5.75 Å². The molecule has 2 aromatic heterocycles. The lowest BCUT2D eigenvalue weighted by Crippen LogP contribution is -2.38. The monoisotopic (exact) mass is 528 g/mol. The highest BCUT2D eigenvalue weighted by Gasteiger charge is 2.18. The molecule has 0 unspecified atom stereocenters. The van der Waals surface area contributed by atoms with Gasteiger partial charge in [-0.15, -0.1) is 11.3 Å². The predicted octanol–water partition coefficient (Wildman–Crippen LogP) is 1.66. The van der Waals surface area contributed by atoms with Gasteiger partial charge in [-0.3, -0.25) is 18.7 Å². The molecule has 2 heterocycles. The van der Waals surface area contributed by atoms with E-state index in [9.17, 15) is 22.8 Å². The van der Waals surface area contributed by atoms with Crippen LogP contribution in [0.25, 0.3) is 10.2 Å². The number of nitrogens with zero attached hydrogens (tertiary/aromatic N) is 2. The maximum Gasteiger partial charge on any atom is 0.332 e. The van der Waals surface area contributed by atoms with Crippen LogP contribution in [-0.2, 0) is 30.2 Å². The van der Waals surface area contributed by atoms with Crippen LogP contribution in [0.4, 0.5) is 0 Å². The number of hydrogen-bond acceptors (Lipinski definition) is 7. The number of hydrogen-bond donors (Lipinski definition) is 2. The molecule has 36 heavy (non-hydrogen) atoms. The Labute approximate surface area is 210 Å². The Hall–Kier alpha value is -3.74. The number of carbonyl (C=O) groups excluding carboxylic acids is 1. The number of carbonyl (C=O) groups is 1. The molecule has 0 aliphatic heterocycles. The van der Waals surface area contributed by atoms with Crippen molar-refractivity contribution in [2.24, 2.45) is 7.05 Å². The van der Waals surface area contributed by atoms with Crippen LogP contribution in [0.2, 0.25) is 0 Å². The van der Waals surface area contributed by atoms with Crippen molar-refractivity contribution >= 4 is 37.5 Å². The number of nitrogens with one attached hydrogen (secondary N) is 2. The fourth-order valence-electron chi connectivity index (χ4n) is 3.66. The summed E-state index contributed by atoms with van der Waals surface area (Å²) in [4.78, 5) is 39.7. The van der Waals surface area contributed by atoms with Crippen LogP contribution in [-0.4, -0.2) is 37.6 Å². The zero-order valence-electron chi connectivity index (χ0n) is 19.8. The van der Waals surface area contributed by atoms with E-state index in [2.05, 4.69) is 10.0 Å². The Morgan fingerprint density at radius 2 is 1.78 bits per heavy atom. The number of sulfonamides is 1. The van der Waals surface area contributed by atoms with E-state index in [-0.39, 0.29) is 29.3 Å². The number of rotatable bonds is 8. The number of aryl methyl sites for hydroxylation is 1. The first-order valence-corrected chi connectivity index (χ1v) is 13.1. The van der Waals surface area contributed by atoms with E-state index in [1.165, 1.54) is 36.9 Å². The smallest absolute Gasteiger partial charge is 0.332 e. The number of aromatic nitrogens is 2. The molecule has 0 spiro atoms. The van der Waals surface area contributed by atoms with Crippen LogP contribution in [0, 0.1) is 0 Å². The fraction of sp³-hybridized carbons (Fsp3) is 0.208. The molecule has 188 valence electrons. The number of thiophene rings is 1. The Morgan fingerprint density at radius 1 is 1.06 bits per heavy atom. The zero-order chi connectivity index (χ0) is 26.0. The van der Waals surface area contributed by atoms with Crippen molar-refractivity contribution < 1.29 is 17.9 Å². The van der Waals surface area contributed by atoms with Crippen molar-refractivity contribution in [3.63, 3.8) is 0 Å². The van der Waals surface area contributed by atoms with E-state index < -0.39 is 21.3 Å². The summed E-state index contributed by atoms with van der Waals surface area (Å²) in [5.41, 5.74) is 0.370. The fourth-order valence-corrected chi connectivity index (χ4v) is 5.41. The second-order valence-electron chi connectivity index (χ2n) is 7.95. The van der Waals surface area contributed by atoms with Crippen LogP contribution in [0.1, 0.15) is 20.8 Å². The van der Waals surface area contributed by atoms with E-state index in [0.717, 1.165) is 21.5 Å². The molecule has 2 N–H and O–H groups in total. The lowest BCUT2D eigenvalue weighted by molar-refractivity contribution is 0.0955. The van der Waals surface area contributed by atoms with E-state index in [1.54, 1.807) is 19.2 Å². The first-order valence-electron chi connectivity index (χ1n) is 10.8. The lowest BCUT2D eigenvalue weighted by Gasteiger charge is -2.09. The summed E-state index contributed by atoms with van der Waals surface area (Å²) in [7, 11) is 0.821. The minimum Gasteiger partial charge on any atom is -0.497 e. The summed E-state index contributed by atoms with van der Waals surface area (Å²) in [6.07, 6.45) is 0. The van der Waals surface area contributed by atoms with Gasteiger partial charge in [-0.2, -0.15) is 0 Å². The third-order valence-corrected chi connectivity index (χ3v) is 8.31. The Morgan fingerprint density at radius 3 is 2.44 bits per heavy atom. The van der Waals surface area contributed by atoms with Gasteiger partial charge in [0.1, 0.15) is 10.6 Å². The number of amides is 1. The molecule has 4 aromatic rings. The topological polar surface area (TPSA) is 128 Å². The van der Waals surface area contributed by atoms with Crippen LogP contribution in [0.3, 0.4) is 0 Å². The lowest BCUT2D eigenvalue weighted by atomic mass is 10.2. The molecular formula is C24H24N4O6S2. The van der Waals surface area contributed by atoms with Crippen LogP contribution < -0.4 is 26.0 Å². The van der Waals surface area contributed by atoms with Crippen molar-refractivity contribution in [1.29, 1.82) is 0 Å². The molecule has 0 fully saturated rings. The highest BCUT2D eigenvalue weighted by molar-refractivity contribution is 7.89. The van der Waals surface area contributed by atoms with Gasteiger partial charge in [0.25, 0.3) is 11.5 Å². The summed E-state index contributed by atoms with van der Waals surface area (Å²) in [5.74, 6) is 0.316. The third-order valence-electron chi connectivity index (χ3n) is 5.66. The average molecular weight is 529 g/mol. The van der Waals surface area contributed by atoms with Gasteiger partial charge < -0.3 is 10.1 Å². The number of ether oxygens (including phenoxy) is 1. The van der Waals surface area contributed by atoms with E-state index >= 15 is 0 Å². The summed E-state index contributed by atoms with van der Waals surface area (Å²) < 4.78 is 33.7. The Bertz CT molecular complexity index is 1670. The van der Waals surface area contributed by atoms with Crippen LogP contribution in [0.5, 0.6) is 5.75 Å². The maximum absolute atomic E-state index is 13.2. The van der Waals surface area contributed by atoms with E-state index in [1.807, 2.05) is 24.3 Å². The molecule has 0 atom stereocenters. The van der Waals surface area contributed by atoms with Crippen molar-refractivity contribution in [1.82, 2.24) is 19.2 Å². The molecule has 4 rings (SSSR count). The largest absolute Gasteiger partial charge is 0.497 e. The van der Waals surface area contributed by atoms with Crippen LogP contribution >= 0.6 is 11.3 Å². The minimum atomic E-state index is -3.60. The number of benzene rings is 2. The van der Waals surface area contributed by atoms with Crippen molar-refractivity contribution in [3.05, 3.63) is 91.4 Å². The number of fused-ring (bicyclic) bond motifs is 1. The summed E-state index contributed by atoms with van der Waals surface area (Å²) in [5, 5.41) is 3.08. The summed E-state index contributed by atoms with van der Waals surface area (Å²) >= 11 is 1.06. The molecule has 2 aromatic carbocycles. The minimum absolute atomic E-state index is 0.0471. The van der Waals surface area contributed by atoms with Gasteiger partial charge in [0.2, 0.25) is 10.0 Å². The van der Waals surface area contributed by atoms with Crippen molar-refractivity contribution in [2.45, 2.75) is 18.0 Å². The molecule has 0 saturated carbocycles. The van der Waals surface area contributed by atoms with Gasteiger partial charge in [0.15, 0.2) is 0 Å². The Balaban J connectivity index is 1.61. The molecule has 0 bridgehead atoms. The predicted molar refractivity (Wildman–Crippen MR) is 137 cm³/mol. The van der Waals surface area contributed by atoms with E-state index in [4.69, 9.17) is 4.74 Å². The average Bonchev–Trinajstić information content (AvgIpc) is 3.35. The van der Waals surface area contributed by atoms with Gasteiger partial charge in [-0.05, 0) is 48.5 Å². The van der Waals surface area contributed by atoms with Gasteiger partial charge in [-0.1, -0.05) is 24.3 Å². The molecule has 10 nitrogen and oxygen atoms in total. The molecular weight excluding hydrogens is 504 g/mol. The first kappa shape index (κ1) is 25.4. The van der Waals surface area contributed by atoms with E-state index in [0.29, 0.717) is 21.0 Å². The van der Waals surface area contributed by atoms with Gasteiger partial charge in [0, 0.05) is 13.6 Å². The normalized spacial score (nSPS) is 11.5. The Kier molecular flexibility index (Phi) is 7.11. The molecule has 0 radical (unpaired) electrons. The highest BCUT2D eigenvalue weighted by atomic mass is 32.2. The molecule has 0 saturated heterocycles. The third kappa shape index (κ3) is 4.96. The number of methoxy groups -OCH3 is 1. The second-order valence-corrected chi connectivity index (χ2v) is 10.9. The van der Waals surface area contributed by atoms with Crippen LogP contribution in [0.15, 0.2) is 69.1 Å². The van der Waals surface area contributed by atoms with Gasteiger partial charge >= 0.3 is 5.69 Å². The van der Waals surface area contributed by atoms with Gasteiger partial charge in [-0.25, -0.2) is 17.9 Å². The summed E-state index contributed by atoms with van der Waals surface area (Å²) in [6, 6.07) is 14.7. The highest BCUT2D eigenvalue weighted by Crippen LogP contribution is 2.22. The standard InChI is InChI=1S/C24H24N4O6S2/c1-25-36(32,33)18-9-7-15(8-10-18)14-28-22(30)19-12-20(35-23(19)27(2)24(28)31)21(29)26-13-16-5-4-6-17(11-16)34-3/h4-12,25H,13-14H2,1-3H3,(H,26,29). The second kappa shape index (κ2) is 10.1. The molecule has 1 amide bonds. The maximum atomic E-state index is 13.2.